The number of carbonyl (C=O) groups is 1. The monoisotopic (exact) mass is 235 g/mol. The van der Waals surface area contributed by atoms with Crippen LogP contribution in [0.5, 0.6) is 11.5 Å². The number of carbonyl (C=O) groups excluding carboxylic acids is 1. The van der Waals surface area contributed by atoms with Crippen LogP contribution in [0.25, 0.3) is 0 Å². The Kier molecular flexibility index (Phi) is 3.56. The van der Waals surface area contributed by atoms with Gasteiger partial charge in [-0.1, -0.05) is 20.8 Å². The van der Waals surface area contributed by atoms with Gasteiger partial charge in [-0.3, -0.25) is 4.79 Å². The quantitative estimate of drug-likeness (QED) is 0.470. The molecule has 92 valence electrons. The first-order valence-corrected chi connectivity index (χ1v) is 5.32. The molecule has 1 aromatic rings. The van der Waals surface area contributed by atoms with E-state index in [0.717, 1.165) is 6.21 Å². The Bertz CT molecular complexity index is 458. The summed E-state index contributed by atoms with van der Waals surface area (Å²) in [6.07, 6.45) is 1.04. The summed E-state index contributed by atoms with van der Waals surface area (Å²) in [7, 11) is 0. The van der Waals surface area contributed by atoms with E-state index in [1.165, 1.54) is 13.0 Å². The van der Waals surface area contributed by atoms with Crippen molar-refractivity contribution in [3.63, 3.8) is 0 Å². The van der Waals surface area contributed by atoms with E-state index in [2.05, 4.69) is 0 Å². The van der Waals surface area contributed by atoms with Crippen LogP contribution >= 0.6 is 0 Å². The first-order chi connectivity index (χ1) is 7.75. The van der Waals surface area contributed by atoms with Gasteiger partial charge in [0.15, 0.2) is 0 Å². The van der Waals surface area contributed by atoms with Crippen LogP contribution in [0.4, 0.5) is 0 Å². The molecule has 0 unspecified atom stereocenters. The number of rotatable bonds is 2. The third kappa shape index (κ3) is 3.06. The number of hydrogen-bond acceptors (Lipinski definition) is 4. The highest BCUT2D eigenvalue weighted by Crippen LogP contribution is 2.36. The van der Waals surface area contributed by atoms with Gasteiger partial charge in [0.05, 0.1) is 0 Å². The van der Waals surface area contributed by atoms with Gasteiger partial charge in [0, 0.05) is 24.3 Å². The second-order valence-corrected chi connectivity index (χ2v) is 4.90. The van der Waals surface area contributed by atoms with E-state index in [9.17, 15) is 9.90 Å². The number of phenols is 1. The highest BCUT2D eigenvalue weighted by atomic mass is 16.5. The van der Waals surface area contributed by atoms with Crippen LogP contribution in [0.3, 0.4) is 0 Å². The van der Waals surface area contributed by atoms with Gasteiger partial charge in [-0.2, -0.15) is 0 Å². The number of nitrogens with one attached hydrogen (secondary N) is 1. The Morgan fingerprint density at radius 2 is 2.00 bits per heavy atom. The Labute approximate surface area is 101 Å². The van der Waals surface area contributed by atoms with Gasteiger partial charge in [0.2, 0.25) is 0 Å². The molecule has 0 saturated carbocycles. The summed E-state index contributed by atoms with van der Waals surface area (Å²) in [5.74, 6) is -0.0198. The Balaban J connectivity index is 3.38. The van der Waals surface area contributed by atoms with Crippen LogP contribution in [0, 0.1) is 5.41 Å². The first-order valence-electron chi connectivity index (χ1n) is 5.32. The lowest BCUT2D eigenvalue weighted by atomic mass is 9.85. The summed E-state index contributed by atoms with van der Waals surface area (Å²) in [5.41, 5.74) is 0.696. The predicted octanol–water partition coefficient (Wildman–Crippen LogP) is 2.61. The van der Waals surface area contributed by atoms with Crippen molar-refractivity contribution < 1.29 is 14.6 Å². The molecule has 0 aliphatic rings. The van der Waals surface area contributed by atoms with Crippen molar-refractivity contribution >= 4 is 12.2 Å². The molecule has 1 aromatic carbocycles. The molecule has 0 atom stereocenters. The standard InChI is InChI=1S/C13H17NO3/c1-8(15)17-10-5-9(7-14)12(16)11(6-10)13(2,3)4/h5-7,14,16H,1-4H3. The summed E-state index contributed by atoms with van der Waals surface area (Å²) in [5, 5.41) is 17.2. The smallest absolute Gasteiger partial charge is 0.308 e. The van der Waals surface area contributed by atoms with E-state index in [-0.39, 0.29) is 11.2 Å². The molecular formula is C13H17NO3. The zero-order chi connectivity index (χ0) is 13.2. The van der Waals surface area contributed by atoms with Gasteiger partial charge >= 0.3 is 5.97 Å². The molecule has 0 fully saturated rings. The summed E-state index contributed by atoms with van der Waals surface area (Å²) < 4.78 is 4.99. The van der Waals surface area contributed by atoms with E-state index >= 15 is 0 Å². The normalized spacial score (nSPS) is 11.1. The average molecular weight is 235 g/mol. The molecule has 0 aliphatic carbocycles. The summed E-state index contributed by atoms with van der Waals surface area (Å²) >= 11 is 0. The molecule has 0 bridgehead atoms. The Hall–Kier alpha value is -1.84. The SMILES string of the molecule is CC(=O)Oc1cc(C=N)c(O)c(C(C)(C)C)c1. The highest BCUT2D eigenvalue weighted by molar-refractivity contribution is 5.83. The van der Waals surface area contributed by atoms with Crippen molar-refractivity contribution in [3.05, 3.63) is 23.3 Å². The lowest BCUT2D eigenvalue weighted by Crippen LogP contribution is -2.13. The van der Waals surface area contributed by atoms with Crippen molar-refractivity contribution in [1.82, 2.24) is 0 Å². The molecule has 0 saturated heterocycles. The predicted molar refractivity (Wildman–Crippen MR) is 66.0 cm³/mol. The molecule has 1 rings (SSSR count). The van der Waals surface area contributed by atoms with Crippen LogP contribution in [-0.4, -0.2) is 17.3 Å². The minimum atomic E-state index is -0.425. The fourth-order valence-electron chi connectivity index (χ4n) is 1.54. The molecule has 0 radical (unpaired) electrons. The van der Waals surface area contributed by atoms with E-state index in [0.29, 0.717) is 16.9 Å². The summed E-state index contributed by atoms with van der Waals surface area (Å²) in [6.45, 7) is 7.13. The second-order valence-electron chi connectivity index (χ2n) is 4.90. The zero-order valence-corrected chi connectivity index (χ0v) is 10.5. The molecule has 2 N–H and O–H groups in total. The second kappa shape index (κ2) is 4.57. The number of aromatic hydroxyl groups is 1. The Morgan fingerprint density at radius 3 is 2.41 bits per heavy atom. The number of esters is 1. The fourth-order valence-corrected chi connectivity index (χ4v) is 1.54. The fraction of sp³-hybridized carbons (Fsp3) is 0.385. The Morgan fingerprint density at radius 1 is 1.41 bits per heavy atom. The molecular weight excluding hydrogens is 218 g/mol. The lowest BCUT2D eigenvalue weighted by Gasteiger charge is -2.22. The van der Waals surface area contributed by atoms with Crippen molar-refractivity contribution in [2.24, 2.45) is 0 Å². The topological polar surface area (TPSA) is 70.4 Å². The van der Waals surface area contributed by atoms with E-state index < -0.39 is 5.97 Å². The van der Waals surface area contributed by atoms with Crippen molar-refractivity contribution in [2.75, 3.05) is 0 Å². The lowest BCUT2D eigenvalue weighted by molar-refractivity contribution is -0.131. The third-order valence-electron chi connectivity index (χ3n) is 2.34. The van der Waals surface area contributed by atoms with E-state index in [4.69, 9.17) is 10.1 Å². The molecule has 4 nitrogen and oxygen atoms in total. The maximum absolute atomic E-state index is 10.9. The van der Waals surface area contributed by atoms with E-state index in [1.54, 1.807) is 6.07 Å². The molecule has 4 heteroatoms. The van der Waals surface area contributed by atoms with Crippen LogP contribution in [0.1, 0.15) is 38.8 Å². The average Bonchev–Trinajstić information content (AvgIpc) is 2.17. The molecule has 0 heterocycles. The van der Waals surface area contributed by atoms with Crippen LogP contribution in [0.15, 0.2) is 12.1 Å². The number of phenolic OH excluding ortho intramolecular Hbond substituents is 1. The molecule has 0 aliphatic heterocycles. The molecule has 0 amide bonds. The van der Waals surface area contributed by atoms with Crippen LogP contribution in [-0.2, 0) is 10.2 Å². The van der Waals surface area contributed by atoms with Crippen LogP contribution < -0.4 is 4.74 Å². The molecule has 0 spiro atoms. The third-order valence-corrected chi connectivity index (χ3v) is 2.34. The van der Waals surface area contributed by atoms with Gasteiger partial charge in [-0.05, 0) is 17.5 Å². The van der Waals surface area contributed by atoms with Crippen LogP contribution in [0.2, 0.25) is 0 Å². The summed E-state index contributed by atoms with van der Waals surface area (Å²) in [6, 6.07) is 3.10. The minimum absolute atomic E-state index is 0.0587. The number of benzene rings is 1. The number of ether oxygens (including phenoxy) is 1. The maximum Gasteiger partial charge on any atom is 0.308 e. The van der Waals surface area contributed by atoms with Crippen molar-refractivity contribution in [3.8, 4) is 11.5 Å². The maximum atomic E-state index is 10.9. The van der Waals surface area contributed by atoms with Crippen molar-refractivity contribution in [1.29, 1.82) is 5.41 Å². The van der Waals surface area contributed by atoms with Gasteiger partial charge < -0.3 is 15.3 Å². The number of hydrogen-bond donors (Lipinski definition) is 2. The van der Waals surface area contributed by atoms with Gasteiger partial charge in [0.1, 0.15) is 11.5 Å². The van der Waals surface area contributed by atoms with Gasteiger partial charge in [0.25, 0.3) is 0 Å². The van der Waals surface area contributed by atoms with Crippen molar-refractivity contribution in [2.45, 2.75) is 33.1 Å². The first kappa shape index (κ1) is 13.2. The molecule has 17 heavy (non-hydrogen) atoms. The minimum Gasteiger partial charge on any atom is -0.507 e. The highest BCUT2D eigenvalue weighted by Gasteiger charge is 2.21. The molecule has 0 aromatic heterocycles. The zero-order valence-electron chi connectivity index (χ0n) is 10.5. The van der Waals surface area contributed by atoms with E-state index in [1.807, 2.05) is 20.8 Å². The largest absolute Gasteiger partial charge is 0.507 e. The van der Waals surface area contributed by atoms with Gasteiger partial charge in [-0.15, -0.1) is 0 Å². The summed E-state index contributed by atoms with van der Waals surface area (Å²) in [4.78, 5) is 10.9. The van der Waals surface area contributed by atoms with Gasteiger partial charge in [-0.25, -0.2) is 0 Å².